The SMILES string of the molecule is COCCCNC(=O)n1cc(-c2cccc3ccccc23)cc1Cc1cncn1CCc1ccccc1Cl. The number of halogens is 1. The number of imidazole rings is 1. The molecule has 0 saturated carbocycles. The van der Waals surface area contributed by atoms with Crippen LogP contribution < -0.4 is 5.32 Å². The van der Waals surface area contributed by atoms with Crippen LogP contribution in [0, 0.1) is 0 Å². The number of aryl methyl sites for hydroxylation is 2. The number of methoxy groups -OCH3 is 1. The molecule has 2 aromatic heterocycles. The molecule has 0 atom stereocenters. The van der Waals surface area contributed by atoms with Gasteiger partial charge in [0, 0.05) is 67.6 Å². The van der Waals surface area contributed by atoms with E-state index in [1.165, 1.54) is 5.39 Å². The van der Waals surface area contributed by atoms with E-state index in [2.05, 4.69) is 57.3 Å². The second-order valence-corrected chi connectivity index (χ2v) is 9.70. The van der Waals surface area contributed by atoms with Gasteiger partial charge in [0.1, 0.15) is 0 Å². The number of hydrogen-bond acceptors (Lipinski definition) is 3. The first-order valence-corrected chi connectivity index (χ1v) is 13.2. The van der Waals surface area contributed by atoms with Crippen molar-refractivity contribution < 1.29 is 9.53 Å². The van der Waals surface area contributed by atoms with E-state index >= 15 is 0 Å². The van der Waals surface area contributed by atoms with Crippen molar-refractivity contribution in [3.05, 3.63) is 113 Å². The van der Waals surface area contributed by atoms with Crippen molar-refractivity contribution in [2.75, 3.05) is 20.3 Å². The second-order valence-electron chi connectivity index (χ2n) is 9.29. The zero-order chi connectivity index (χ0) is 26.3. The number of carbonyl (C=O) groups is 1. The lowest BCUT2D eigenvalue weighted by atomic mass is 10.00. The molecule has 0 aliphatic rings. The van der Waals surface area contributed by atoms with Crippen LogP contribution >= 0.6 is 11.6 Å². The Bertz CT molecular complexity index is 1530. The highest BCUT2D eigenvalue weighted by Gasteiger charge is 2.17. The fourth-order valence-electron chi connectivity index (χ4n) is 4.78. The zero-order valence-electron chi connectivity index (χ0n) is 21.4. The van der Waals surface area contributed by atoms with E-state index in [-0.39, 0.29) is 6.03 Å². The Kier molecular flexibility index (Phi) is 8.22. The van der Waals surface area contributed by atoms with Gasteiger partial charge in [-0.15, -0.1) is 0 Å². The van der Waals surface area contributed by atoms with E-state index < -0.39 is 0 Å². The maximum absolute atomic E-state index is 13.3. The Morgan fingerprint density at radius 1 is 1.03 bits per heavy atom. The van der Waals surface area contributed by atoms with E-state index in [0.29, 0.717) is 19.6 Å². The number of nitrogens with one attached hydrogen (secondary N) is 1. The highest BCUT2D eigenvalue weighted by atomic mass is 35.5. The van der Waals surface area contributed by atoms with E-state index in [1.54, 1.807) is 11.7 Å². The summed E-state index contributed by atoms with van der Waals surface area (Å²) in [5.41, 5.74) is 5.14. The number of benzene rings is 3. The van der Waals surface area contributed by atoms with Crippen LogP contribution in [0.2, 0.25) is 5.02 Å². The maximum atomic E-state index is 13.3. The summed E-state index contributed by atoms with van der Waals surface area (Å²) >= 11 is 6.37. The molecule has 5 aromatic rings. The van der Waals surface area contributed by atoms with Crippen molar-refractivity contribution in [2.45, 2.75) is 25.8 Å². The van der Waals surface area contributed by atoms with E-state index in [1.807, 2.05) is 49.1 Å². The first-order chi connectivity index (χ1) is 18.6. The lowest BCUT2D eigenvalue weighted by molar-refractivity contribution is 0.193. The van der Waals surface area contributed by atoms with Gasteiger partial charge in [-0.25, -0.2) is 9.78 Å². The molecule has 194 valence electrons. The van der Waals surface area contributed by atoms with Crippen LogP contribution in [0.4, 0.5) is 4.79 Å². The number of amides is 1. The summed E-state index contributed by atoms with van der Waals surface area (Å²) in [6, 6.07) is 24.5. The fraction of sp³-hybridized carbons (Fsp3) is 0.226. The number of carbonyl (C=O) groups excluding carboxylic acids is 1. The van der Waals surface area contributed by atoms with Crippen molar-refractivity contribution in [3.63, 3.8) is 0 Å². The predicted octanol–water partition coefficient (Wildman–Crippen LogP) is 6.59. The first-order valence-electron chi connectivity index (χ1n) is 12.8. The average molecular weight is 527 g/mol. The number of ether oxygens (including phenoxy) is 1. The molecule has 0 fully saturated rings. The number of fused-ring (bicyclic) bond motifs is 1. The second kappa shape index (κ2) is 12.1. The van der Waals surface area contributed by atoms with E-state index in [0.717, 1.165) is 57.9 Å². The summed E-state index contributed by atoms with van der Waals surface area (Å²) in [6.45, 7) is 1.90. The third-order valence-corrected chi connectivity index (χ3v) is 7.13. The Morgan fingerprint density at radius 2 is 1.84 bits per heavy atom. The summed E-state index contributed by atoms with van der Waals surface area (Å²) in [6.07, 6.45) is 7.77. The molecule has 0 unspecified atom stereocenters. The van der Waals surface area contributed by atoms with Crippen LogP contribution in [0.1, 0.15) is 23.4 Å². The molecule has 0 aliphatic carbocycles. The zero-order valence-corrected chi connectivity index (χ0v) is 22.2. The van der Waals surface area contributed by atoms with Crippen LogP contribution in [-0.2, 0) is 24.1 Å². The number of nitrogens with zero attached hydrogens (tertiary/aromatic N) is 3. The summed E-state index contributed by atoms with van der Waals surface area (Å²) in [4.78, 5) is 17.7. The highest BCUT2D eigenvalue weighted by Crippen LogP contribution is 2.31. The summed E-state index contributed by atoms with van der Waals surface area (Å²) < 4.78 is 8.99. The van der Waals surface area contributed by atoms with Crippen LogP contribution in [0.3, 0.4) is 0 Å². The number of rotatable bonds is 10. The van der Waals surface area contributed by atoms with Gasteiger partial charge in [0.05, 0.1) is 6.33 Å². The predicted molar refractivity (Wildman–Crippen MR) is 153 cm³/mol. The van der Waals surface area contributed by atoms with Gasteiger partial charge in [-0.05, 0) is 46.9 Å². The molecule has 1 amide bonds. The molecule has 38 heavy (non-hydrogen) atoms. The largest absolute Gasteiger partial charge is 0.385 e. The van der Waals surface area contributed by atoms with Crippen molar-refractivity contribution >= 4 is 28.4 Å². The first kappa shape index (κ1) is 25.8. The van der Waals surface area contributed by atoms with Gasteiger partial charge in [0.25, 0.3) is 0 Å². The molecule has 0 saturated heterocycles. The third-order valence-electron chi connectivity index (χ3n) is 6.76. The minimum absolute atomic E-state index is 0.148. The average Bonchev–Trinajstić information content (AvgIpc) is 3.57. The standard InChI is InChI=1S/C31H31ClN4O2/c1-38-17-7-15-34-31(37)36-21-25(29-12-6-10-23-8-2-4-11-28(23)29)18-26(36)19-27-20-33-22-35(27)16-14-24-9-3-5-13-30(24)32/h2-6,8-13,18,20-22H,7,14-17,19H2,1H3,(H,34,37). The van der Waals surface area contributed by atoms with Crippen molar-refractivity contribution in [2.24, 2.45) is 0 Å². The van der Waals surface area contributed by atoms with Crippen molar-refractivity contribution in [1.29, 1.82) is 0 Å². The molecular formula is C31H31ClN4O2. The van der Waals surface area contributed by atoms with Gasteiger partial charge in [0.15, 0.2) is 0 Å². The molecule has 3 aromatic carbocycles. The maximum Gasteiger partial charge on any atom is 0.325 e. The minimum atomic E-state index is -0.148. The van der Waals surface area contributed by atoms with Gasteiger partial charge in [0.2, 0.25) is 0 Å². The van der Waals surface area contributed by atoms with E-state index in [9.17, 15) is 4.79 Å². The lowest BCUT2D eigenvalue weighted by Crippen LogP contribution is -2.30. The van der Waals surface area contributed by atoms with Crippen LogP contribution in [0.25, 0.3) is 21.9 Å². The molecule has 6 nitrogen and oxygen atoms in total. The Labute approximate surface area is 227 Å². The smallest absolute Gasteiger partial charge is 0.325 e. The van der Waals surface area contributed by atoms with Gasteiger partial charge in [-0.2, -0.15) is 0 Å². The van der Waals surface area contributed by atoms with E-state index in [4.69, 9.17) is 16.3 Å². The molecule has 2 heterocycles. The van der Waals surface area contributed by atoms with Gasteiger partial charge >= 0.3 is 6.03 Å². The lowest BCUT2D eigenvalue weighted by Gasteiger charge is -2.12. The third kappa shape index (κ3) is 5.82. The molecule has 5 rings (SSSR count). The summed E-state index contributed by atoms with van der Waals surface area (Å²) in [7, 11) is 1.66. The summed E-state index contributed by atoms with van der Waals surface area (Å²) in [5.74, 6) is 0. The number of aromatic nitrogens is 3. The Hall–Kier alpha value is -3.87. The minimum Gasteiger partial charge on any atom is -0.385 e. The topological polar surface area (TPSA) is 61.1 Å². The van der Waals surface area contributed by atoms with Crippen LogP contribution in [0.15, 0.2) is 91.5 Å². The molecule has 0 radical (unpaired) electrons. The highest BCUT2D eigenvalue weighted by molar-refractivity contribution is 6.31. The monoisotopic (exact) mass is 526 g/mol. The molecule has 1 N–H and O–H groups in total. The van der Waals surface area contributed by atoms with Crippen molar-refractivity contribution in [3.8, 4) is 11.1 Å². The summed E-state index contributed by atoms with van der Waals surface area (Å²) in [5, 5.41) is 6.13. The molecule has 0 bridgehead atoms. The fourth-order valence-corrected chi connectivity index (χ4v) is 5.01. The normalized spacial score (nSPS) is 11.2. The van der Waals surface area contributed by atoms with Crippen LogP contribution in [-0.4, -0.2) is 40.4 Å². The molecule has 7 heteroatoms. The Balaban J connectivity index is 1.44. The van der Waals surface area contributed by atoms with Crippen LogP contribution in [0.5, 0.6) is 0 Å². The van der Waals surface area contributed by atoms with Gasteiger partial charge < -0.3 is 14.6 Å². The van der Waals surface area contributed by atoms with Crippen molar-refractivity contribution in [1.82, 2.24) is 19.4 Å². The number of hydrogen-bond donors (Lipinski definition) is 1. The molecule has 0 spiro atoms. The van der Waals surface area contributed by atoms with Gasteiger partial charge in [-0.3, -0.25) is 4.57 Å². The quantitative estimate of drug-likeness (QED) is 0.209. The van der Waals surface area contributed by atoms with Gasteiger partial charge in [-0.1, -0.05) is 72.3 Å². The molecular weight excluding hydrogens is 496 g/mol. The molecule has 0 aliphatic heterocycles. The Morgan fingerprint density at radius 3 is 2.71 bits per heavy atom.